The molecule has 3 nitrogen and oxygen atoms in total. The minimum atomic E-state index is 0.289. The predicted octanol–water partition coefficient (Wildman–Crippen LogP) is 6.17. The van der Waals surface area contributed by atoms with Crippen molar-refractivity contribution in [3.63, 3.8) is 0 Å². The van der Waals surface area contributed by atoms with Gasteiger partial charge in [0.15, 0.2) is 5.96 Å². The van der Waals surface area contributed by atoms with Gasteiger partial charge < -0.3 is 10.6 Å². The molecule has 0 radical (unpaired) electrons. The lowest BCUT2D eigenvalue weighted by Crippen LogP contribution is -2.20. The number of anilines is 2. The Morgan fingerprint density at radius 3 is 1.62 bits per heavy atom. The summed E-state index contributed by atoms with van der Waals surface area (Å²) in [5.41, 5.74) is 4.50. The molecule has 3 N–H and O–H groups in total. The standard InChI is InChI=1S/C21H29N3/c1-5-15(3)17-9-7-11-19(13-17)23-21(22)24-20-12-8-10-18(14-20)16(4)6-2/h7-16H,5-6H2,1-4H3,(H3,22,23,24). The van der Waals surface area contributed by atoms with Crippen molar-refractivity contribution in [2.75, 3.05) is 10.6 Å². The lowest BCUT2D eigenvalue weighted by Gasteiger charge is -2.15. The molecule has 0 aliphatic carbocycles. The minimum absolute atomic E-state index is 0.289. The summed E-state index contributed by atoms with van der Waals surface area (Å²) in [7, 11) is 0. The molecule has 24 heavy (non-hydrogen) atoms. The van der Waals surface area contributed by atoms with E-state index in [-0.39, 0.29) is 5.96 Å². The summed E-state index contributed by atoms with van der Waals surface area (Å²) in [5.74, 6) is 1.35. The molecule has 2 atom stereocenters. The molecule has 0 heterocycles. The van der Waals surface area contributed by atoms with E-state index in [2.05, 4.69) is 62.6 Å². The fraction of sp³-hybridized carbons (Fsp3) is 0.381. The summed E-state index contributed by atoms with van der Waals surface area (Å²) in [6.45, 7) is 8.84. The normalized spacial score (nSPS) is 13.2. The van der Waals surface area contributed by atoms with Crippen molar-refractivity contribution in [1.29, 1.82) is 5.41 Å². The highest BCUT2D eigenvalue weighted by Gasteiger charge is 2.06. The van der Waals surface area contributed by atoms with E-state index < -0.39 is 0 Å². The van der Waals surface area contributed by atoms with Crippen LogP contribution < -0.4 is 10.6 Å². The van der Waals surface area contributed by atoms with Crippen LogP contribution in [0.2, 0.25) is 0 Å². The smallest absolute Gasteiger partial charge is 0.197 e. The Labute approximate surface area is 146 Å². The van der Waals surface area contributed by atoms with Crippen molar-refractivity contribution in [1.82, 2.24) is 0 Å². The molecular weight excluding hydrogens is 294 g/mol. The SMILES string of the molecule is CCC(C)c1cccc(NC(=N)Nc2cccc(C(C)CC)c2)c1. The summed E-state index contributed by atoms with van der Waals surface area (Å²) < 4.78 is 0. The zero-order valence-electron chi connectivity index (χ0n) is 15.2. The molecule has 0 aliphatic rings. The van der Waals surface area contributed by atoms with E-state index in [0.717, 1.165) is 24.2 Å². The van der Waals surface area contributed by atoms with Crippen LogP contribution in [0.25, 0.3) is 0 Å². The average molecular weight is 323 g/mol. The van der Waals surface area contributed by atoms with Crippen LogP contribution in [0, 0.1) is 5.41 Å². The lowest BCUT2D eigenvalue weighted by molar-refractivity contribution is 0.734. The Morgan fingerprint density at radius 2 is 1.25 bits per heavy atom. The van der Waals surface area contributed by atoms with Crippen molar-refractivity contribution in [2.24, 2.45) is 0 Å². The maximum atomic E-state index is 8.19. The van der Waals surface area contributed by atoms with Gasteiger partial charge in [0, 0.05) is 11.4 Å². The second kappa shape index (κ2) is 8.53. The Hall–Kier alpha value is -2.29. The van der Waals surface area contributed by atoms with Crippen LogP contribution in [0.3, 0.4) is 0 Å². The monoisotopic (exact) mass is 323 g/mol. The number of hydrogen-bond donors (Lipinski definition) is 3. The molecule has 0 saturated heterocycles. The summed E-state index contributed by atoms with van der Waals surface area (Å²) in [6, 6.07) is 16.6. The van der Waals surface area contributed by atoms with Crippen LogP contribution in [0.15, 0.2) is 48.5 Å². The molecule has 2 aromatic carbocycles. The van der Waals surface area contributed by atoms with E-state index in [1.807, 2.05) is 24.3 Å². The van der Waals surface area contributed by atoms with Gasteiger partial charge in [-0.2, -0.15) is 0 Å². The summed E-state index contributed by atoms with van der Waals surface area (Å²) in [5, 5.41) is 14.5. The van der Waals surface area contributed by atoms with Gasteiger partial charge in [-0.05, 0) is 60.1 Å². The molecule has 0 amide bonds. The third-order valence-corrected chi connectivity index (χ3v) is 4.67. The van der Waals surface area contributed by atoms with E-state index in [1.54, 1.807) is 0 Å². The molecule has 0 aromatic heterocycles. The Morgan fingerprint density at radius 1 is 0.833 bits per heavy atom. The fourth-order valence-corrected chi connectivity index (χ4v) is 2.64. The number of nitrogens with one attached hydrogen (secondary N) is 3. The molecule has 0 saturated carbocycles. The van der Waals surface area contributed by atoms with Crippen molar-refractivity contribution in [3.8, 4) is 0 Å². The van der Waals surface area contributed by atoms with Gasteiger partial charge in [0.25, 0.3) is 0 Å². The quantitative estimate of drug-likeness (QED) is 0.439. The Bertz CT molecular complexity index is 621. The van der Waals surface area contributed by atoms with Gasteiger partial charge >= 0.3 is 0 Å². The van der Waals surface area contributed by atoms with Crippen molar-refractivity contribution < 1.29 is 0 Å². The Balaban J connectivity index is 2.03. The van der Waals surface area contributed by atoms with Crippen molar-refractivity contribution in [3.05, 3.63) is 59.7 Å². The number of guanidine groups is 1. The number of hydrogen-bond acceptors (Lipinski definition) is 1. The molecule has 2 aromatic rings. The van der Waals surface area contributed by atoms with E-state index in [0.29, 0.717) is 11.8 Å². The fourth-order valence-electron chi connectivity index (χ4n) is 2.64. The van der Waals surface area contributed by atoms with E-state index in [1.165, 1.54) is 11.1 Å². The first-order valence-electron chi connectivity index (χ1n) is 8.86. The summed E-state index contributed by atoms with van der Waals surface area (Å²) in [4.78, 5) is 0. The van der Waals surface area contributed by atoms with Gasteiger partial charge in [0.05, 0.1) is 0 Å². The third kappa shape index (κ3) is 4.85. The molecule has 0 fully saturated rings. The van der Waals surface area contributed by atoms with Gasteiger partial charge in [-0.15, -0.1) is 0 Å². The van der Waals surface area contributed by atoms with Gasteiger partial charge in [0.2, 0.25) is 0 Å². The highest BCUT2D eigenvalue weighted by Crippen LogP contribution is 2.23. The third-order valence-electron chi connectivity index (χ3n) is 4.67. The van der Waals surface area contributed by atoms with Gasteiger partial charge in [-0.3, -0.25) is 5.41 Å². The topological polar surface area (TPSA) is 47.9 Å². The second-order valence-electron chi connectivity index (χ2n) is 6.49. The lowest BCUT2D eigenvalue weighted by atomic mass is 9.98. The predicted molar refractivity (Wildman–Crippen MR) is 105 cm³/mol. The highest BCUT2D eigenvalue weighted by atomic mass is 15.1. The van der Waals surface area contributed by atoms with Crippen LogP contribution in [0.4, 0.5) is 11.4 Å². The van der Waals surface area contributed by atoms with Crippen LogP contribution in [-0.4, -0.2) is 5.96 Å². The average Bonchev–Trinajstić information content (AvgIpc) is 2.60. The van der Waals surface area contributed by atoms with Gasteiger partial charge in [0.1, 0.15) is 0 Å². The second-order valence-corrected chi connectivity index (χ2v) is 6.49. The summed E-state index contributed by atoms with van der Waals surface area (Å²) in [6.07, 6.45) is 2.23. The molecule has 0 bridgehead atoms. The molecule has 2 unspecified atom stereocenters. The first kappa shape index (κ1) is 18.1. The molecule has 2 rings (SSSR count). The molecule has 128 valence electrons. The highest BCUT2D eigenvalue weighted by molar-refractivity contribution is 6.01. The first-order valence-corrected chi connectivity index (χ1v) is 8.86. The minimum Gasteiger partial charge on any atom is -0.326 e. The van der Waals surface area contributed by atoms with Crippen LogP contribution in [-0.2, 0) is 0 Å². The van der Waals surface area contributed by atoms with E-state index >= 15 is 0 Å². The zero-order valence-corrected chi connectivity index (χ0v) is 15.2. The molecule has 0 aliphatic heterocycles. The van der Waals surface area contributed by atoms with Crippen LogP contribution in [0.5, 0.6) is 0 Å². The van der Waals surface area contributed by atoms with Crippen molar-refractivity contribution >= 4 is 17.3 Å². The van der Waals surface area contributed by atoms with Crippen LogP contribution >= 0.6 is 0 Å². The summed E-state index contributed by atoms with van der Waals surface area (Å²) >= 11 is 0. The molecule has 0 spiro atoms. The Kier molecular flexibility index (Phi) is 6.42. The maximum Gasteiger partial charge on any atom is 0.197 e. The van der Waals surface area contributed by atoms with Crippen molar-refractivity contribution in [2.45, 2.75) is 52.4 Å². The molecule has 3 heteroatoms. The van der Waals surface area contributed by atoms with E-state index in [4.69, 9.17) is 5.41 Å². The van der Waals surface area contributed by atoms with Gasteiger partial charge in [-0.1, -0.05) is 52.0 Å². The maximum absolute atomic E-state index is 8.19. The first-order chi connectivity index (χ1) is 11.5. The number of benzene rings is 2. The number of rotatable bonds is 6. The van der Waals surface area contributed by atoms with Gasteiger partial charge in [-0.25, -0.2) is 0 Å². The van der Waals surface area contributed by atoms with E-state index in [9.17, 15) is 0 Å². The molecular formula is C21H29N3. The zero-order chi connectivity index (χ0) is 17.5. The largest absolute Gasteiger partial charge is 0.326 e. The van der Waals surface area contributed by atoms with Crippen LogP contribution in [0.1, 0.15) is 63.5 Å².